The number of alkyl halides is 2. The lowest BCUT2D eigenvalue weighted by Gasteiger charge is -2.33. The maximum absolute atomic E-state index is 13.6. The zero-order valence-corrected chi connectivity index (χ0v) is 19.9. The number of aromatic nitrogens is 1. The van der Waals surface area contributed by atoms with Crippen LogP contribution in [-0.4, -0.2) is 46.9 Å². The van der Waals surface area contributed by atoms with E-state index in [0.717, 1.165) is 43.2 Å². The van der Waals surface area contributed by atoms with E-state index in [1.807, 2.05) is 29.3 Å². The first-order chi connectivity index (χ1) is 16.9. The van der Waals surface area contributed by atoms with E-state index in [1.54, 1.807) is 6.20 Å². The van der Waals surface area contributed by atoms with Crippen LogP contribution in [0.1, 0.15) is 61.1 Å². The maximum atomic E-state index is 13.6. The molecule has 0 radical (unpaired) electrons. The van der Waals surface area contributed by atoms with Crippen molar-refractivity contribution >= 4 is 5.91 Å². The Hall–Kier alpha value is -2.42. The van der Waals surface area contributed by atoms with Gasteiger partial charge in [-0.3, -0.25) is 20.1 Å². The topological polar surface area (TPSA) is 69.3 Å². The molecule has 2 aromatic rings. The fraction of sp³-hybridized carbons (Fsp3) is 0.556. The smallest absolute Gasteiger partial charge is 0.261 e. The number of pyridine rings is 1. The summed E-state index contributed by atoms with van der Waals surface area (Å²) in [4.78, 5) is 19.6. The number of nitrogens with one attached hydrogen (secondary N) is 3. The molecule has 4 unspecified atom stereocenters. The summed E-state index contributed by atoms with van der Waals surface area (Å²) in [7, 11) is 0. The van der Waals surface area contributed by atoms with Crippen LogP contribution in [0.4, 0.5) is 8.78 Å². The SMILES string of the molecule is O=C(NC1(c2ccccc2)CC1)C1NNC2CCC(c3cncc(CN4CCC(F)(F)C4)c3)CC21. The van der Waals surface area contributed by atoms with Crippen molar-refractivity contribution in [1.29, 1.82) is 0 Å². The molecule has 8 heteroatoms. The number of carbonyl (C=O) groups excluding carboxylic acids is 1. The van der Waals surface area contributed by atoms with Crippen LogP contribution < -0.4 is 16.2 Å². The first kappa shape index (κ1) is 23.0. The minimum atomic E-state index is -2.58. The number of likely N-dealkylation sites (tertiary alicyclic amines) is 1. The van der Waals surface area contributed by atoms with Crippen molar-refractivity contribution in [3.63, 3.8) is 0 Å². The molecule has 2 aliphatic heterocycles. The van der Waals surface area contributed by atoms with E-state index in [1.165, 1.54) is 5.56 Å². The Balaban J connectivity index is 1.12. The van der Waals surface area contributed by atoms with Gasteiger partial charge in [-0.15, -0.1) is 0 Å². The Morgan fingerprint density at radius 1 is 1.11 bits per heavy atom. The van der Waals surface area contributed by atoms with Gasteiger partial charge in [-0.05, 0) is 54.7 Å². The minimum Gasteiger partial charge on any atom is -0.345 e. The van der Waals surface area contributed by atoms with Gasteiger partial charge in [0.05, 0.1) is 12.1 Å². The maximum Gasteiger partial charge on any atom is 0.261 e. The average molecular weight is 482 g/mol. The summed E-state index contributed by atoms with van der Waals surface area (Å²) in [6, 6.07) is 12.4. The van der Waals surface area contributed by atoms with Crippen LogP contribution in [0, 0.1) is 5.92 Å². The zero-order valence-electron chi connectivity index (χ0n) is 19.9. The normalized spacial score (nSPS) is 31.1. The van der Waals surface area contributed by atoms with Gasteiger partial charge < -0.3 is 5.32 Å². The molecule has 1 amide bonds. The summed E-state index contributed by atoms with van der Waals surface area (Å²) < 4.78 is 27.2. The van der Waals surface area contributed by atoms with Crippen molar-refractivity contribution in [1.82, 2.24) is 26.1 Å². The van der Waals surface area contributed by atoms with Gasteiger partial charge in [-0.2, -0.15) is 0 Å². The Morgan fingerprint density at radius 3 is 2.69 bits per heavy atom. The highest BCUT2D eigenvalue weighted by Gasteiger charge is 2.50. The van der Waals surface area contributed by atoms with Gasteiger partial charge in [-0.25, -0.2) is 14.2 Å². The van der Waals surface area contributed by atoms with E-state index < -0.39 is 5.92 Å². The number of halogens is 2. The molecule has 2 saturated carbocycles. The number of nitrogens with zero attached hydrogens (tertiary/aromatic N) is 2. The molecule has 1 aromatic carbocycles. The summed E-state index contributed by atoms with van der Waals surface area (Å²) in [6.45, 7) is 0.747. The number of carbonyl (C=O) groups is 1. The molecular formula is C27H33F2N5O. The van der Waals surface area contributed by atoms with Crippen molar-refractivity contribution < 1.29 is 13.6 Å². The molecule has 3 heterocycles. The second-order valence-corrected chi connectivity index (χ2v) is 10.9. The van der Waals surface area contributed by atoms with Crippen LogP contribution in [0.3, 0.4) is 0 Å². The van der Waals surface area contributed by atoms with E-state index in [0.29, 0.717) is 19.0 Å². The van der Waals surface area contributed by atoms with Gasteiger partial charge >= 0.3 is 0 Å². The number of fused-ring (bicyclic) bond motifs is 1. The molecule has 6 nitrogen and oxygen atoms in total. The Morgan fingerprint density at radius 2 is 1.94 bits per heavy atom. The predicted molar refractivity (Wildman–Crippen MR) is 129 cm³/mol. The Kier molecular flexibility index (Phi) is 5.86. The summed E-state index contributed by atoms with van der Waals surface area (Å²) in [5.74, 6) is -2.01. The van der Waals surface area contributed by atoms with Gasteiger partial charge in [0.1, 0.15) is 6.04 Å². The lowest BCUT2D eigenvalue weighted by Crippen LogP contribution is -2.49. The quantitative estimate of drug-likeness (QED) is 0.590. The largest absolute Gasteiger partial charge is 0.345 e. The van der Waals surface area contributed by atoms with Crippen LogP contribution in [0.25, 0.3) is 0 Å². The molecule has 1 aromatic heterocycles. The fourth-order valence-electron chi connectivity index (χ4n) is 6.32. The molecule has 2 aliphatic carbocycles. The van der Waals surface area contributed by atoms with E-state index in [2.05, 4.69) is 39.4 Å². The lowest BCUT2D eigenvalue weighted by molar-refractivity contribution is -0.125. The molecule has 3 N–H and O–H groups in total. The number of hydrogen-bond donors (Lipinski definition) is 3. The molecule has 0 bridgehead atoms. The summed E-state index contributed by atoms with van der Waals surface area (Å²) in [5.41, 5.74) is 9.74. The number of hydrogen-bond acceptors (Lipinski definition) is 5. The highest BCUT2D eigenvalue weighted by Crippen LogP contribution is 2.46. The van der Waals surface area contributed by atoms with Crippen molar-refractivity contribution in [2.24, 2.45) is 5.92 Å². The van der Waals surface area contributed by atoms with Crippen LogP contribution in [0.5, 0.6) is 0 Å². The first-order valence-electron chi connectivity index (χ1n) is 12.8. The summed E-state index contributed by atoms with van der Waals surface area (Å²) in [6.07, 6.45) is 8.48. The molecule has 35 heavy (non-hydrogen) atoms. The minimum absolute atomic E-state index is 0.0637. The second-order valence-electron chi connectivity index (χ2n) is 10.9. The van der Waals surface area contributed by atoms with E-state index in [4.69, 9.17) is 0 Å². The monoisotopic (exact) mass is 481 g/mol. The first-order valence-corrected chi connectivity index (χ1v) is 12.8. The van der Waals surface area contributed by atoms with Crippen LogP contribution in [0.15, 0.2) is 48.8 Å². The fourth-order valence-corrected chi connectivity index (χ4v) is 6.32. The molecule has 4 aliphatic rings. The molecule has 4 fully saturated rings. The van der Waals surface area contributed by atoms with Crippen molar-refractivity contribution in [2.75, 3.05) is 13.1 Å². The number of amides is 1. The highest BCUT2D eigenvalue weighted by molar-refractivity contribution is 5.84. The van der Waals surface area contributed by atoms with Crippen molar-refractivity contribution in [3.8, 4) is 0 Å². The third kappa shape index (κ3) is 4.71. The second kappa shape index (κ2) is 8.91. The summed E-state index contributed by atoms with van der Waals surface area (Å²) >= 11 is 0. The van der Waals surface area contributed by atoms with Crippen LogP contribution in [-0.2, 0) is 16.9 Å². The number of rotatable bonds is 6. The van der Waals surface area contributed by atoms with E-state index in [-0.39, 0.29) is 42.4 Å². The zero-order chi connectivity index (χ0) is 24.0. The van der Waals surface area contributed by atoms with Gasteiger partial charge in [0, 0.05) is 43.9 Å². The lowest BCUT2D eigenvalue weighted by atomic mass is 9.73. The molecule has 4 atom stereocenters. The van der Waals surface area contributed by atoms with Gasteiger partial charge in [0.2, 0.25) is 5.91 Å². The Labute approximate surface area is 204 Å². The third-order valence-electron chi connectivity index (χ3n) is 8.42. The Bertz CT molecular complexity index is 1080. The number of benzene rings is 1. The van der Waals surface area contributed by atoms with Crippen molar-refractivity contribution in [3.05, 3.63) is 65.5 Å². The number of hydrazine groups is 1. The third-order valence-corrected chi connectivity index (χ3v) is 8.42. The van der Waals surface area contributed by atoms with Gasteiger partial charge in [0.15, 0.2) is 0 Å². The van der Waals surface area contributed by atoms with Crippen LogP contribution >= 0.6 is 0 Å². The van der Waals surface area contributed by atoms with Gasteiger partial charge in [-0.1, -0.05) is 36.4 Å². The highest BCUT2D eigenvalue weighted by atomic mass is 19.3. The predicted octanol–water partition coefficient (Wildman–Crippen LogP) is 3.46. The standard InChI is InChI=1S/C27H33F2N5O/c28-27(29)10-11-34(17-27)16-18-12-20(15-30-14-18)19-6-7-23-22(13-19)24(33-32-23)25(35)31-26(8-9-26)21-4-2-1-3-5-21/h1-5,12,14-15,19,22-24,32-33H,6-11,13,16-17H2,(H,31,35). The van der Waals surface area contributed by atoms with Gasteiger partial charge in [0.25, 0.3) is 5.92 Å². The average Bonchev–Trinajstić information content (AvgIpc) is 3.38. The molecule has 186 valence electrons. The molecule has 0 spiro atoms. The molecule has 2 saturated heterocycles. The van der Waals surface area contributed by atoms with Crippen LogP contribution in [0.2, 0.25) is 0 Å². The summed E-state index contributed by atoms with van der Waals surface area (Å²) in [5, 5.41) is 3.35. The molecule has 6 rings (SSSR count). The molecular weight excluding hydrogens is 448 g/mol. The van der Waals surface area contributed by atoms with E-state index in [9.17, 15) is 13.6 Å². The van der Waals surface area contributed by atoms with E-state index >= 15 is 0 Å². The van der Waals surface area contributed by atoms with Crippen molar-refractivity contribution in [2.45, 2.75) is 74.5 Å².